The summed E-state index contributed by atoms with van der Waals surface area (Å²) < 4.78 is 5.27. The summed E-state index contributed by atoms with van der Waals surface area (Å²) in [5, 5.41) is 12.8. The lowest BCUT2D eigenvalue weighted by Gasteiger charge is -2.19. The molecule has 0 spiro atoms. The first-order valence-electron chi connectivity index (χ1n) is 6.43. The molecule has 21 heavy (non-hydrogen) atoms. The van der Waals surface area contributed by atoms with Crippen molar-refractivity contribution in [3.63, 3.8) is 0 Å². The third-order valence-electron chi connectivity index (χ3n) is 3.16. The molecule has 0 saturated heterocycles. The topological polar surface area (TPSA) is 49.1 Å². The Hall–Kier alpha value is -1.61. The standard InChI is InChI=1S/C15H16ClN3OS/c1-10(20-3)15-18-13(9-21-15)8-19(2)14-6-12(16)5-4-11(14)7-17/h4-6,9-10H,8H2,1-3H3. The summed E-state index contributed by atoms with van der Waals surface area (Å²) in [6.07, 6.45) is -0.00473. The van der Waals surface area contributed by atoms with Gasteiger partial charge in [-0.1, -0.05) is 11.6 Å². The van der Waals surface area contributed by atoms with Gasteiger partial charge in [-0.3, -0.25) is 0 Å². The number of ether oxygens (including phenoxy) is 1. The lowest BCUT2D eigenvalue weighted by atomic mass is 10.2. The molecule has 6 heteroatoms. The van der Waals surface area contributed by atoms with E-state index in [1.54, 1.807) is 36.6 Å². The minimum atomic E-state index is -0.00473. The Morgan fingerprint density at radius 3 is 2.95 bits per heavy atom. The van der Waals surface area contributed by atoms with E-state index in [1.807, 2.05) is 24.3 Å². The molecule has 0 N–H and O–H groups in total. The highest BCUT2D eigenvalue weighted by Gasteiger charge is 2.13. The molecule has 0 amide bonds. The summed E-state index contributed by atoms with van der Waals surface area (Å²) in [5.74, 6) is 0. The molecule has 0 saturated carbocycles. The van der Waals surface area contributed by atoms with E-state index in [1.165, 1.54) is 0 Å². The van der Waals surface area contributed by atoms with Crippen LogP contribution in [0.15, 0.2) is 23.6 Å². The fraction of sp³-hybridized carbons (Fsp3) is 0.333. The molecule has 0 aliphatic carbocycles. The fourth-order valence-electron chi connectivity index (χ4n) is 1.93. The van der Waals surface area contributed by atoms with Gasteiger partial charge in [-0.05, 0) is 25.1 Å². The number of methoxy groups -OCH3 is 1. The molecule has 1 heterocycles. The maximum atomic E-state index is 9.18. The Morgan fingerprint density at radius 2 is 2.29 bits per heavy atom. The Labute approximate surface area is 133 Å². The van der Waals surface area contributed by atoms with Crippen LogP contribution >= 0.6 is 22.9 Å². The molecule has 2 aromatic rings. The van der Waals surface area contributed by atoms with Crippen molar-refractivity contribution in [1.29, 1.82) is 5.26 Å². The van der Waals surface area contributed by atoms with E-state index in [0.717, 1.165) is 16.4 Å². The van der Waals surface area contributed by atoms with Crippen molar-refractivity contribution in [2.75, 3.05) is 19.1 Å². The zero-order valence-corrected chi connectivity index (χ0v) is 13.7. The number of rotatable bonds is 5. The maximum absolute atomic E-state index is 9.18. The van der Waals surface area contributed by atoms with Crippen molar-refractivity contribution in [2.45, 2.75) is 19.6 Å². The minimum absolute atomic E-state index is 0.00473. The molecule has 4 nitrogen and oxygen atoms in total. The molecular formula is C15H16ClN3OS. The van der Waals surface area contributed by atoms with Crippen LogP contribution in [0, 0.1) is 11.3 Å². The molecule has 1 atom stereocenters. The first-order chi connectivity index (χ1) is 10.0. The van der Waals surface area contributed by atoms with Crippen LogP contribution in [0.2, 0.25) is 5.02 Å². The van der Waals surface area contributed by atoms with Gasteiger partial charge in [0, 0.05) is 24.6 Å². The zero-order valence-electron chi connectivity index (χ0n) is 12.1. The first-order valence-corrected chi connectivity index (χ1v) is 7.68. The quantitative estimate of drug-likeness (QED) is 0.834. The number of hydrogen-bond donors (Lipinski definition) is 0. The van der Waals surface area contributed by atoms with Crippen LogP contribution in [0.25, 0.3) is 0 Å². The summed E-state index contributed by atoms with van der Waals surface area (Å²) in [6.45, 7) is 2.58. The van der Waals surface area contributed by atoms with Crippen molar-refractivity contribution in [3.8, 4) is 6.07 Å². The van der Waals surface area contributed by atoms with E-state index in [-0.39, 0.29) is 6.10 Å². The van der Waals surface area contributed by atoms with Gasteiger partial charge in [-0.2, -0.15) is 5.26 Å². The van der Waals surface area contributed by atoms with Crippen LogP contribution in [0.3, 0.4) is 0 Å². The average molecular weight is 322 g/mol. The SMILES string of the molecule is COC(C)c1nc(CN(C)c2cc(Cl)ccc2C#N)cs1. The Morgan fingerprint density at radius 1 is 1.52 bits per heavy atom. The number of aromatic nitrogens is 1. The molecule has 0 aliphatic rings. The number of halogens is 1. The second kappa shape index (κ2) is 6.90. The molecule has 2 rings (SSSR count). The lowest BCUT2D eigenvalue weighted by molar-refractivity contribution is 0.119. The number of nitriles is 1. The van der Waals surface area contributed by atoms with Gasteiger partial charge in [0.15, 0.2) is 0 Å². The highest BCUT2D eigenvalue weighted by atomic mass is 35.5. The third-order valence-corrected chi connectivity index (χ3v) is 4.45. The van der Waals surface area contributed by atoms with Gasteiger partial charge in [-0.15, -0.1) is 11.3 Å². The second-order valence-electron chi connectivity index (χ2n) is 4.68. The summed E-state index contributed by atoms with van der Waals surface area (Å²) in [6, 6.07) is 7.43. The summed E-state index contributed by atoms with van der Waals surface area (Å²) in [4.78, 5) is 6.53. The molecule has 110 valence electrons. The van der Waals surface area contributed by atoms with Gasteiger partial charge in [0.05, 0.1) is 23.5 Å². The van der Waals surface area contributed by atoms with Crippen molar-refractivity contribution < 1.29 is 4.74 Å². The van der Waals surface area contributed by atoms with E-state index in [0.29, 0.717) is 17.1 Å². The van der Waals surface area contributed by atoms with Crippen LogP contribution in [-0.2, 0) is 11.3 Å². The van der Waals surface area contributed by atoms with Crippen molar-refractivity contribution in [3.05, 3.63) is 44.9 Å². The Balaban J connectivity index is 2.18. The molecule has 0 fully saturated rings. The molecule has 0 radical (unpaired) electrons. The van der Waals surface area contributed by atoms with E-state index in [4.69, 9.17) is 16.3 Å². The third kappa shape index (κ3) is 3.73. The largest absolute Gasteiger partial charge is 0.375 e. The molecule has 0 aliphatic heterocycles. The lowest BCUT2D eigenvalue weighted by Crippen LogP contribution is -2.18. The van der Waals surface area contributed by atoms with Gasteiger partial charge in [0.1, 0.15) is 17.2 Å². The maximum Gasteiger partial charge on any atom is 0.122 e. The normalized spacial score (nSPS) is 12.0. The van der Waals surface area contributed by atoms with E-state index >= 15 is 0 Å². The van der Waals surface area contributed by atoms with Gasteiger partial charge in [0.25, 0.3) is 0 Å². The van der Waals surface area contributed by atoms with E-state index in [9.17, 15) is 5.26 Å². The number of nitrogens with zero attached hydrogens (tertiary/aromatic N) is 3. The number of benzene rings is 1. The van der Waals surface area contributed by atoms with E-state index < -0.39 is 0 Å². The van der Waals surface area contributed by atoms with E-state index in [2.05, 4.69) is 11.1 Å². The predicted octanol–water partition coefficient (Wildman–Crippen LogP) is 4.01. The number of anilines is 1. The van der Waals surface area contributed by atoms with Crippen LogP contribution in [0.1, 0.15) is 29.3 Å². The van der Waals surface area contributed by atoms with Crippen molar-refractivity contribution in [1.82, 2.24) is 4.98 Å². The minimum Gasteiger partial charge on any atom is -0.375 e. The van der Waals surface area contributed by atoms with Gasteiger partial charge in [-0.25, -0.2) is 4.98 Å². The fourth-order valence-corrected chi connectivity index (χ4v) is 2.93. The predicted molar refractivity (Wildman–Crippen MR) is 85.8 cm³/mol. The van der Waals surface area contributed by atoms with Gasteiger partial charge in [0.2, 0.25) is 0 Å². The molecule has 1 aromatic heterocycles. The summed E-state index contributed by atoms with van der Waals surface area (Å²) >= 11 is 7.60. The number of hydrogen-bond acceptors (Lipinski definition) is 5. The van der Waals surface area contributed by atoms with Crippen LogP contribution in [0.5, 0.6) is 0 Å². The second-order valence-corrected chi connectivity index (χ2v) is 6.01. The van der Waals surface area contributed by atoms with Crippen LogP contribution < -0.4 is 4.90 Å². The van der Waals surface area contributed by atoms with Crippen molar-refractivity contribution in [2.24, 2.45) is 0 Å². The Bertz CT molecular complexity index is 665. The van der Waals surface area contributed by atoms with Crippen molar-refractivity contribution >= 4 is 28.6 Å². The molecule has 1 aromatic carbocycles. The summed E-state index contributed by atoms with van der Waals surface area (Å²) in [7, 11) is 3.59. The van der Waals surface area contributed by atoms with Gasteiger partial charge >= 0.3 is 0 Å². The van der Waals surface area contributed by atoms with Crippen LogP contribution in [-0.4, -0.2) is 19.1 Å². The zero-order chi connectivity index (χ0) is 15.4. The smallest absolute Gasteiger partial charge is 0.122 e. The molecule has 0 bridgehead atoms. The summed E-state index contributed by atoms with van der Waals surface area (Å²) in [5.41, 5.74) is 2.35. The molecular weight excluding hydrogens is 306 g/mol. The highest BCUT2D eigenvalue weighted by Crippen LogP contribution is 2.26. The van der Waals surface area contributed by atoms with Crippen LogP contribution in [0.4, 0.5) is 5.69 Å². The molecule has 1 unspecified atom stereocenters. The highest BCUT2D eigenvalue weighted by molar-refractivity contribution is 7.09. The average Bonchev–Trinajstić information content (AvgIpc) is 2.94. The monoisotopic (exact) mass is 321 g/mol. The number of thiazole rings is 1. The van der Waals surface area contributed by atoms with Gasteiger partial charge < -0.3 is 9.64 Å². The first kappa shape index (κ1) is 15.8. The Kier molecular flexibility index (Phi) is 5.18.